The Morgan fingerprint density at radius 2 is 1.89 bits per heavy atom. The normalized spacial score (nSPS) is 17.4. The summed E-state index contributed by atoms with van der Waals surface area (Å²) >= 11 is 0. The molecule has 3 aromatic rings. The van der Waals surface area contributed by atoms with E-state index in [1.807, 2.05) is 48.5 Å². The van der Waals surface area contributed by atoms with Crippen LogP contribution in [0.1, 0.15) is 35.9 Å². The second-order valence-corrected chi connectivity index (χ2v) is 7.66. The van der Waals surface area contributed by atoms with Gasteiger partial charge in [0.1, 0.15) is 0 Å². The number of piperidine rings is 1. The number of likely N-dealkylation sites (tertiary alicyclic amines) is 1. The predicted molar refractivity (Wildman–Crippen MR) is 112 cm³/mol. The lowest BCUT2D eigenvalue weighted by Gasteiger charge is -2.30. The maximum atomic E-state index is 12.7. The van der Waals surface area contributed by atoms with Crippen molar-refractivity contribution in [2.45, 2.75) is 26.3 Å². The van der Waals surface area contributed by atoms with Gasteiger partial charge in [0.05, 0.1) is 6.26 Å². The van der Waals surface area contributed by atoms with Gasteiger partial charge in [-0.25, -0.2) is 0 Å². The fourth-order valence-electron chi connectivity index (χ4n) is 3.90. The van der Waals surface area contributed by atoms with Crippen molar-refractivity contribution in [3.05, 3.63) is 78.3 Å². The zero-order chi connectivity index (χ0) is 19.3. The van der Waals surface area contributed by atoms with Gasteiger partial charge in [0.15, 0.2) is 5.76 Å². The molecule has 4 nitrogen and oxygen atoms in total. The molecule has 4 rings (SSSR count). The molecule has 0 saturated carbocycles. The van der Waals surface area contributed by atoms with Gasteiger partial charge in [-0.1, -0.05) is 49.4 Å². The number of benzene rings is 2. The summed E-state index contributed by atoms with van der Waals surface area (Å²) in [5.41, 5.74) is 3.81. The summed E-state index contributed by atoms with van der Waals surface area (Å²) in [6.45, 7) is 5.63. The molecule has 4 heteroatoms. The Kier molecular flexibility index (Phi) is 5.58. The number of rotatable bonds is 5. The Morgan fingerprint density at radius 1 is 1.11 bits per heavy atom. The Hall–Kier alpha value is -2.85. The first-order valence-corrected chi connectivity index (χ1v) is 9.94. The topological polar surface area (TPSA) is 45.5 Å². The van der Waals surface area contributed by atoms with Crippen molar-refractivity contribution in [3.63, 3.8) is 0 Å². The fourth-order valence-corrected chi connectivity index (χ4v) is 3.90. The van der Waals surface area contributed by atoms with Crippen LogP contribution in [-0.2, 0) is 6.54 Å². The average molecular weight is 374 g/mol. The van der Waals surface area contributed by atoms with E-state index in [0.29, 0.717) is 5.76 Å². The molecule has 1 saturated heterocycles. The monoisotopic (exact) mass is 374 g/mol. The van der Waals surface area contributed by atoms with Gasteiger partial charge in [0, 0.05) is 24.3 Å². The Balaban J connectivity index is 1.41. The van der Waals surface area contributed by atoms with E-state index in [9.17, 15) is 4.79 Å². The lowest BCUT2D eigenvalue weighted by atomic mass is 10.00. The molecule has 2 heterocycles. The predicted octanol–water partition coefficient (Wildman–Crippen LogP) is 5.43. The molecule has 1 N–H and O–H groups in total. The van der Waals surface area contributed by atoms with Gasteiger partial charge in [0.2, 0.25) is 0 Å². The molecule has 1 amide bonds. The number of carbonyl (C=O) groups is 1. The first-order chi connectivity index (χ1) is 13.7. The highest BCUT2D eigenvalue weighted by atomic mass is 16.3. The van der Waals surface area contributed by atoms with E-state index in [4.69, 9.17) is 4.42 Å². The van der Waals surface area contributed by atoms with Gasteiger partial charge in [-0.05, 0) is 54.6 Å². The van der Waals surface area contributed by atoms with Crippen LogP contribution >= 0.6 is 0 Å². The number of nitrogens with zero attached hydrogens (tertiary/aromatic N) is 1. The van der Waals surface area contributed by atoms with Crippen molar-refractivity contribution >= 4 is 11.6 Å². The maximum absolute atomic E-state index is 12.7. The standard InChI is InChI=1S/C24H26N2O2/c1-18-6-5-14-26(16-18)17-19-9-11-21(12-10-19)25-24(27)23-22(13-15-28-23)20-7-3-2-4-8-20/h2-4,7-13,15,18H,5-6,14,16-17H2,1H3,(H,25,27). The molecule has 1 unspecified atom stereocenters. The summed E-state index contributed by atoms with van der Waals surface area (Å²) in [6, 6.07) is 19.7. The summed E-state index contributed by atoms with van der Waals surface area (Å²) < 4.78 is 5.47. The molecule has 2 aromatic carbocycles. The summed E-state index contributed by atoms with van der Waals surface area (Å²) in [6.07, 6.45) is 4.17. The van der Waals surface area contributed by atoms with Crippen LogP contribution in [0.2, 0.25) is 0 Å². The number of anilines is 1. The van der Waals surface area contributed by atoms with Gasteiger partial charge in [0.25, 0.3) is 5.91 Å². The summed E-state index contributed by atoms with van der Waals surface area (Å²) in [4.78, 5) is 15.2. The van der Waals surface area contributed by atoms with Crippen LogP contribution in [0.5, 0.6) is 0 Å². The van der Waals surface area contributed by atoms with Crippen molar-refractivity contribution in [1.82, 2.24) is 4.90 Å². The minimum absolute atomic E-state index is 0.235. The van der Waals surface area contributed by atoms with Gasteiger partial charge >= 0.3 is 0 Å². The molecule has 1 aliphatic rings. The molecule has 0 radical (unpaired) electrons. The largest absolute Gasteiger partial charge is 0.459 e. The van der Waals surface area contributed by atoms with Crippen molar-refractivity contribution in [2.24, 2.45) is 5.92 Å². The second kappa shape index (κ2) is 8.44. The minimum atomic E-state index is -0.235. The highest BCUT2D eigenvalue weighted by Crippen LogP contribution is 2.26. The Morgan fingerprint density at radius 3 is 2.64 bits per heavy atom. The third-order valence-electron chi connectivity index (χ3n) is 5.32. The van der Waals surface area contributed by atoms with Gasteiger partial charge in [-0.15, -0.1) is 0 Å². The quantitative estimate of drug-likeness (QED) is 0.648. The summed E-state index contributed by atoms with van der Waals surface area (Å²) in [5.74, 6) is 0.874. The highest BCUT2D eigenvalue weighted by Gasteiger charge is 2.18. The molecule has 0 bridgehead atoms. The molecule has 1 aromatic heterocycles. The number of hydrogen-bond donors (Lipinski definition) is 1. The third kappa shape index (κ3) is 4.34. The van der Waals surface area contributed by atoms with E-state index in [1.165, 1.54) is 31.5 Å². The summed E-state index contributed by atoms with van der Waals surface area (Å²) in [7, 11) is 0. The minimum Gasteiger partial charge on any atom is -0.459 e. The molecule has 1 fully saturated rings. The third-order valence-corrected chi connectivity index (χ3v) is 5.32. The van der Waals surface area contributed by atoms with Crippen LogP contribution in [0.25, 0.3) is 11.1 Å². The van der Waals surface area contributed by atoms with Crippen LogP contribution in [0, 0.1) is 5.92 Å². The first kappa shape index (κ1) is 18.5. The molecule has 1 atom stereocenters. The Labute approximate surface area is 166 Å². The fraction of sp³-hybridized carbons (Fsp3) is 0.292. The summed E-state index contributed by atoms with van der Waals surface area (Å²) in [5, 5.41) is 2.95. The van der Waals surface area contributed by atoms with Crippen molar-refractivity contribution in [2.75, 3.05) is 18.4 Å². The van der Waals surface area contributed by atoms with E-state index in [2.05, 4.69) is 29.3 Å². The van der Waals surface area contributed by atoms with Crippen LogP contribution in [0.15, 0.2) is 71.3 Å². The second-order valence-electron chi connectivity index (χ2n) is 7.66. The lowest BCUT2D eigenvalue weighted by Crippen LogP contribution is -2.33. The number of amides is 1. The SMILES string of the molecule is CC1CCCN(Cc2ccc(NC(=O)c3occc3-c3ccccc3)cc2)C1. The molecular weight excluding hydrogens is 348 g/mol. The lowest BCUT2D eigenvalue weighted by molar-refractivity contribution is 0.0997. The van der Waals surface area contributed by atoms with Crippen molar-refractivity contribution in [3.8, 4) is 11.1 Å². The number of furan rings is 1. The molecular formula is C24H26N2O2. The average Bonchev–Trinajstić information content (AvgIpc) is 3.20. The maximum Gasteiger partial charge on any atom is 0.292 e. The molecule has 144 valence electrons. The zero-order valence-electron chi connectivity index (χ0n) is 16.2. The molecule has 0 aliphatic carbocycles. The van der Waals surface area contributed by atoms with Gasteiger partial charge in [-0.3, -0.25) is 9.69 Å². The van der Waals surface area contributed by atoms with Crippen molar-refractivity contribution in [1.29, 1.82) is 0 Å². The van der Waals surface area contributed by atoms with Gasteiger partial charge in [-0.2, -0.15) is 0 Å². The molecule has 0 spiro atoms. The van der Waals surface area contributed by atoms with E-state index >= 15 is 0 Å². The smallest absolute Gasteiger partial charge is 0.292 e. The highest BCUT2D eigenvalue weighted by molar-refractivity contribution is 6.06. The van der Waals surface area contributed by atoms with Crippen LogP contribution in [0.4, 0.5) is 5.69 Å². The number of nitrogens with one attached hydrogen (secondary N) is 1. The van der Waals surface area contributed by atoms with Crippen molar-refractivity contribution < 1.29 is 9.21 Å². The van der Waals surface area contributed by atoms with E-state index in [-0.39, 0.29) is 5.91 Å². The number of hydrogen-bond acceptors (Lipinski definition) is 3. The first-order valence-electron chi connectivity index (χ1n) is 9.94. The van der Waals surface area contributed by atoms with E-state index < -0.39 is 0 Å². The number of carbonyl (C=O) groups excluding carboxylic acids is 1. The molecule has 28 heavy (non-hydrogen) atoms. The van der Waals surface area contributed by atoms with E-state index in [0.717, 1.165) is 29.3 Å². The molecule has 1 aliphatic heterocycles. The van der Waals surface area contributed by atoms with Crippen LogP contribution in [0.3, 0.4) is 0 Å². The Bertz CT molecular complexity index is 915. The van der Waals surface area contributed by atoms with Crippen LogP contribution < -0.4 is 5.32 Å². The zero-order valence-corrected chi connectivity index (χ0v) is 16.2. The van der Waals surface area contributed by atoms with Crippen LogP contribution in [-0.4, -0.2) is 23.9 Å². The van der Waals surface area contributed by atoms with Gasteiger partial charge < -0.3 is 9.73 Å². The van der Waals surface area contributed by atoms with E-state index in [1.54, 1.807) is 6.26 Å².